The predicted octanol–water partition coefficient (Wildman–Crippen LogP) is 6.98. The van der Waals surface area contributed by atoms with E-state index in [1.807, 2.05) is 55.5 Å². The number of carbonyl (C=O) groups excluding carboxylic acids is 1. The molecular weight excluding hydrogens is 493 g/mol. The van der Waals surface area contributed by atoms with Crippen LogP contribution in [0.2, 0.25) is 10.0 Å². The number of benzene rings is 4. The number of carbonyl (C=O) groups is 1. The minimum absolute atomic E-state index is 0.171. The summed E-state index contributed by atoms with van der Waals surface area (Å²) in [4.78, 5) is 30.6. The number of amides is 1. The summed E-state index contributed by atoms with van der Waals surface area (Å²) in [6.07, 6.45) is 0. The Hall–Kier alpha value is -3.93. The molecule has 0 unspecified atom stereocenters. The van der Waals surface area contributed by atoms with Gasteiger partial charge < -0.3 is 5.32 Å². The molecule has 1 amide bonds. The van der Waals surface area contributed by atoms with E-state index in [4.69, 9.17) is 23.2 Å². The smallest absolute Gasteiger partial charge is 0.261 e. The van der Waals surface area contributed by atoms with E-state index in [2.05, 4.69) is 10.3 Å². The van der Waals surface area contributed by atoms with Crippen molar-refractivity contribution in [1.82, 2.24) is 9.55 Å². The van der Waals surface area contributed by atoms with E-state index < -0.39 is 0 Å². The van der Waals surface area contributed by atoms with E-state index in [-0.39, 0.29) is 11.5 Å². The van der Waals surface area contributed by atoms with Crippen molar-refractivity contribution in [2.75, 3.05) is 5.32 Å². The molecule has 0 bridgehead atoms. The fourth-order valence-electron chi connectivity index (χ4n) is 4.08. The molecule has 0 saturated carbocycles. The van der Waals surface area contributed by atoms with E-state index >= 15 is 0 Å². The summed E-state index contributed by atoms with van der Waals surface area (Å²) in [5.41, 5.74) is 4.39. The highest BCUT2D eigenvalue weighted by molar-refractivity contribution is 6.31. The molecule has 0 fully saturated rings. The van der Waals surface area contributed by atoms with Crippen molar-refractivity contribution in [3.63, 3.8) is 0 Å². The molecule has 7 heteroatoms. The molecule has 5 nitrogen and oxygen atoms in total. The second kappa shape index (κ2) is 9.97. The number of rotatable bonds is 5. The second-order valence-corrected chi connectivity index (χ2v) is 9.33. The Bertz CT molecular complexity index is 1660. The van der Waals surface area contributed by atoms with Crippen LogP contribution in [0, 0.1) is 6.92 Å². The molecule has 4 aromatic carbocycles. The molecular formula is C29H21Cl2N3O2. The van der Waals surface area contributed by atoms with E-state index in [0.717, 1.165) is 16.7 Å². The summed E-state index contributed by atoms with van der Waals surface area (Å²) in [6.45, 7) is 2.19. The number of fused-ring (bicyclic) bond motifs is 1. The van der Waals surface area contributed by atoms with Crippen molar-refractivity contribution in [3.05, 3.63) is 128 Å². The molecule has 1 heterocycles. The van der Waals surface area contributed by atoms with Gasteiger partial charge in [-0.15, -0.1) is 0 Å². The number of hydrogen-bond donors (Lipinski definition) is 1. The van der Waals surface area contributed by atoms with Gasteiger partial charge in [-0.3, -0.25) is 14.2 Å². The molecule has 1 N–H and O–H groups in total. The number of nitrogens with one attached hydrogen (secondary N) is 1. The van der Waals surface area contributed by atoms with Gasteiger partial charge in [-0.2, -0.15) is 0 Å². The molecule has 0 spiro atoms. The molecule has 178 valence electrons. The number of halogens is 2. The normalized spacial score (nSPS) is 11.0. The van der Waals surface area contributed by atoms with Crippen LogP contribution in [-0.2, 0) is 6.54 Å². The largest absolute Gasteiger partial charge is 0.322 e. The first-order chi connectivity index (χ1) is 17.4. The van der Waals surface area contributed by atoms with E-state index in [9.17, 15) is 9.59 Å². The molecule has 0 aliphatic carbocycles. The zero-order valence-corrected chi connectivity index (χ0v) is 20.8. The quantitative estimate of drug-likeness (QED) is 0.275. The van der Waals surface area contributed by atoms with Gasteiger partial charge in [-0.1, -0.05) is 65.7 Å². The van der Waals surface area contributed by atoms with E-state index in [0.29, 0.717) is 44.6 Å². The van der Waals surface area contributed by atoms with Crippen molar-refractivity contribution < 1.29 is 4.79 Å². The minimum Gasteiger partial charge on any atom is -0.322 e. The molecule has 36 heavy (non-hydrogen) atoms. The van der Waals surface area contributed by atoms with Gasteiger partial charge in [-0.05, 0) is 72.1 Å². The van der Waals surface area contributed by atoms with Gasteiger partial charge in [0.2, 0.25) is 0 Å². The average molecular weight is 514 g/mol. The van der Waals surface area contributed by atoms with Crippen LogP contribution in [0.5, 0.6) is 0 Å². The molecule has 0 atom stereocenters. The van der Waals surface area contributed by atoms with Crippen LogP contribution in [0.1, 0.15) is 21.7 Å². The first-order valence-electron chi connectivity index (χ1n) is 11.3. The van der Waals surface area contributed by atoms with Crippen molar-refractivity contribution in [3.8, 4) is 11.1 Å². The summed E-state index contributed by atoms with van der Waals surface area (Å²) in [7, 11) is 0. The number of aromatic nitrogens is 2. The highest BCUT2D eigenvalue weighted by Crippen LogP contribution is 2.23. The molecule has 0 aliphatic rings. The molecule has 0 radical (unpaired) electrons. The average Bonchev–Trinajstić information content (AvgIpc) is 2.87. The van der Waals surface area contributed by atoms with Crippen molar-refractivity contribution >= 4 is 45.7 Å². The Morgan fingerprint density at radius 2 is 1.58 bits per heavy atom. The van der Waals surface area contributed by atoms with Crippen molar-refractivity contribution in [1.29, 1.82) is 0 Å². The van der Waals surface area contributed by atoms with Crippen LogP contribution in [-0.4, -0.2) is 15.5 Å². The van der Waals surface area contributed by atoms with Crippen LogP contribution in [0.3, 0.4) is 0 Å². The molecule has 1 aromatic heterocycles. The highest BCUT2D eigenvalue weighted by atomic mass is 35.5. The number of hydrogen-bond acceptors (Lipinski definition) is 3. The lowest BCUT2D eigenvalue weighted by molar-refractivity contribution is 0.102. The van der Waals surface area contributed by atoms with Gasteiger partial charge >= 0.3 is 0 Å². The number of nitrogens with zero attached hydrogens (tertiary/aromatic N) is 2. The lowest BCUT2D eigenvalue weighted by Gasteiger charge is -2.13. The number of anilines is 1. The van der Waals surface area contributed by atoms with Crippen LogP contribution < -0.4 is 10.9 Å². The van der Waals surface area contributed by atoms with Gasteiger partial charge in [0, 0.05) is 21.3 Å². The lowest BCUT2D eigenvalue weighted by Crippen LogP contribution is -2.24. The third-order valence-corrected chi connectivity index (χ3v) is 6.41. The summed E-state index contributed by atoms with van der Waals surface area (Å²) in [5, 5.41) is 4.42. The Kier molecular flexibility index (Phi) is 6.59. The van der Waals surface area contributed by atoms with Gasteiger partial charge in [-0.25, -0.2) is 4.98 Å². The SMILES string of the molecule is Cc1nc2ccc(NC(=O)c3cccc(Cl)c3)cc2c(=O)n1Cc1ccc(-c2cccc(Cl)c2)cc1. The van der Waals surface area contributed by atoms with E-state index in [1.54, 1.807) is 47.0 Å². The molecule has 5 aromatic rings. The van der Waals surface area contributed by atoms with Crippen LogP contribution in [0.4, 0.5) is 5.69 Å². The first kappa shape index (κ1) is 23.8. The Morgan fingerprint density at radius 1 is 0.861 bits per heavy atom. The van der Waals surface area contributed by atoms with Crippen molar-refractivity contribution in [2.45, 2.75) is 13.5 Å². The minimum atomic E-state index is -0.308. The first-order valence-corrected chi connectivity index (χ1v) is 12.1. The monoisotopic (exact) mass is 513 g/mol. The topological polar surface area (TPSA) is 64.0 Å². The maximum Gasteiger partial charge on any atom is 0.261 e. The van der Waals surface area contributed by atoms with Crippen LogP contribution >= 0.6 is 23.2 Å². The molecule has 5 rings (SSSR count). The maximum absolute atomic E-state index is 13.4. The van der Waals surface area contributed by atoms with Gasteiger partial charge in [0.25, 0.3) is 11.5 Å². The Balaban J connectivity index is 1.42. The Morgan fingerprint density at radius 3 is 2.31 bits per heavy atom. The zero-order valence-electron chi connectivity index (χ0n) is 19.3. The maximum atomic E-state index is 13.4. The van der Waals surface area contributed by atoms with Crippen LogP contribution in [0.15, 0.2) is 95.8 Å². The fourth-order valence-corrected chi connectivity index (χ4v) is 4.46. The Labute approximate surface area is 218 Å². The highest BCUT2D eigenvalue weighted by Gasteiger charge is 2.12. The van der Waals surface area contributed by atoms with Gasteiger partial charge in [0.15, 0.2) is 0 Å². The van der Waals surface area contributed by atoms with Crippen LogP contribution in [0.25, 0.3) is 22.0 Å². The second-order valence-electron chi connectivity index (χ2n) is 8.45. The lowest BCUT2D eigenvalue weighted by atomic mass is 10.0. The summed E-state index contributed by atoms with van der Waals surface area (Å²) < 4.78 is 1.64. The third kappa shape index (κ3) is 5.03. The zero-order chi connectivity index (χ0) is 25.2. The van der Waals surface area contributed by atoms with E-state index in [1.165, 1.54) is 0 Å². The summed E-state index contributed by atoms with van der Waals surface area (Å²) in [5.74, 6) is 0.305. The van der Waals surface area contributed by atoms with Gasteiger partial charge in [0.1, 0.15) is 5.82 Å². The molecule has 0 aliphatic heterocycles. The summed E-state index contributed by atoms with van der Waals surface area (Å²) >= 11 is 12.1. The van der Waals surface area contributed by atoms with Gasteiger partial charge in [0.05, 0.1) is 17.4 Å². The summed E-state index contributed by atoms with van der Waals surface area (Å²) in [6, 6.07) is 27.5. The predicted molar refractivity (Wildman–Crippen MR) is 146 cm³/mol. The fraction of sp³-hybridized carbons (Fsp3) is 0.0690. The van der Waals surface area contributed by atoms with Crippen molar-refractivity contribution in [2.24, 2.45) is 0 Å². The molecule has 0 saturated heterocycles. The standard InChI is InChI=1S/C29H21Cl2N3O2/c1-18-32-27-13-12-25(33-28(35)22-5-3-7-24(31)15-22)16-26(27)29(36)34(18)17-19-8-10-20(11-9-19)21-4-2-6-23(30)14-21/h2-16H,17H2,1H3,(H,33,35). The number of aryl methyl sites for hydroxylation is 1. The third-order valence-electron chi connectivity index (χ3n) is 5.94.